The summed E-state index contributed by atoms with van der Waals surface area (Å²) >= 11 is 6.39. The van der Waals surface area contributed by atoms with Gasteiger partial charge in [-0.25, -0.2) is 4.79 Å². The first-order valence-electron chi connectivity index (χ1n) is 7.34. The maximum atomic E-state index is 11.4. The third-order valence-corrected chi connectivity index (χ3v) is 4.27. The molecule has 0 radical (unpaired) electrons. The van der Waals surface area contributed by atoms with E-state index in [9.17, 15) is 4.79 Å². The van der Waals surface area contributed by atoms with E-state index >= 15 is 0 Å². The van der Waals surface area contributed by atoms with E-state index in [4.69, 9.17) is 16.3 Å². The van der Waals surface area contributed by atoms with Crippen LogP contribution in [0.15, 0.2) is 41.2 Å². The standard InChI is InChI=1S/C17H15ClN2O2/c18-12-2-1-3-15(22-9-10-4-5-10)16(12)11-6-7-13-14(8-11)20-17(21)19-13/h1-3,6-8,10H,4-5,9H2,(H2,19,20,21). The van der Waals surface area contributed by atoms with E-state index in [2.05, 4.69) is 9.97 Å². The van der Waals surface area contributed by atoms with E-state index in [1.165, 1.54) is 12.8 Å². The minimum absolute atomic E-state index is 0.212. The predicted molar refractivity (Wildman–Crippen MR) is 87.6 cm³/mol. The Kier molecular flexibility index (Phi) is 3.19. The van der Waals surface area contributed by atoms with Crippen LogP contribution in [0.25, 0.3) is 22.2 Å². The minimum atomic E-state index is -0.212. The van der Waals surface area contributed by atoms with Crippen LogP contribution in [0.4, 0.5) is 0 Å². The molecule has 1 fully saturated rings. The Morgan fingerprint density at radius 2 is 1.95 bits per heavy atom. The predicted octanol–water partition coefficient (Wildman–Crippen LogP) is 3.97. The van der Waals surface area contributed by atoms with E-state index < -0.39 is 0 Å². The summed E-state index contributed by atoms with van der Waals surface area (Å²) in [5.41, 5.74) is 3.13. The molecule has 1 aliphatic rings. The first-order chi connectivity index (χ1) is 10.7. The number of H-pyrrole nitrogens is 2. The van der Waals surface area contributed by atoms with Gasteiger partial charge in [-0.15, -0.1) is 0 Å². The number of rotatable bonds is 4. The van der Waals surface area contributed by atoms with Crippen molar-refractivity contribution in [2.24, 2.45) is 5.92 Å². The molecule has 2 N–H and O–H groups in total. The highest BCUT2D eigenvalue weighted by Crippen LogP contribution is 2.38. The number of nitrogens with one attached hydrogen (secondary N) is 2. The zero-order valence-corrected chi connectivity index (χ0v) is 12.6. The molecular weight excluding hydrogens is 300 g/mol. The first kappa shape index (κ1) is 13.5. The Labute approximate surface area is 132 Å². The monoisotopic (exact) mass is 314 g/mol. The Morgan fingerprint density at radius 3 is 2.77 bits per heavy atom. The molecule has 0 spiro atoms. The van der Waals surface area contributed by atoms with Gasteiger partial charge >= 0.3 is 5.69 Å². The molecule has 4 rings (SSSR count). The van der Waals surface area contributed by atoms with Crippen LogP contribution in [-0.2, 0) is 0 Å². The maximum absolute atomic E-state index is 11.4. The number of imidazole rings is 1. The van der Waals surface area contributed by atoms with E-state index in [1.54, 1.807) is 0 Å². The number of hydrogen-bond donors (Lipinski definition) is 2. The van der Waals surface area contributed by atoms with E-state index in [0.717, 1.165) is 34.5 Å². The van der Waals surface area contributed by atoms with E-state index in [1.807, 2.05) is 36.4 Å². The Morgan fingerprint density at radius 1 is 1.14 bits per heavy atom. The quantitative estimate of drug-likeness (QED) is 0.765. The summed E-state index contributed by atoms with van der Waals surface area (Å²) < 4.78 is 5.95. The molecule has 2 aromatic carbocycles. The van der Waals surface area contributed by atoms with Crippen LogP contribution in [0.3, 0.4) is 0 Å². The Balaban J connectivity index is 1.79. The van der Waals surface area contributed by atoms with Gasteiger partial charge in [-0.05, 0) is 48.6 Å². The zero-order valence-electron chi connectivity index (χ0n) is 11.9. The fourth-order valence-corrected chi connectivity index (χ4v) is 2.86. The number of hydrogen-bond acceptors (Lipinski definition) is 2. The van der Waals surface area contributed by atoms with Gasteiger partial charge in [0.15, 0.2) is 0 Å². The van der Waals surface area contributed by atoms with Gasteiger partial charge in [-0.1, -0.05) is 23.7 Å². The average molecular weight is 315 g/mol. The van der Waals surface area contributed by atoms with Crippen molar-refractivity contribution in [2.45, 2.75) is 12.8 Å². The van der Waals surface area contributed by atoms with Crippen molar-refractivity contribution in [3.8, 4) is 16.9 Å². The molecule has 3 aromatic rings. The third kappa shape index (κ3) is 2.50. The Hall–Kier alpha value is -2.20. The largest absolute Gasteiger partial charge is 0.493 e. The number of aromatic nitrogens is 2. The smallest absolute Gasteiger partial charge is 0.323 e. The van der Waals surface area contributed by atoms with E-state index in [-0.39, 0.29) is 5.69 Å². The van der Waals surface area contributed by atoms with Crippen LogP contribution in [0.2, 0.25) is 5.02 Å². The van der Waals surface area contributed by atoms with Gasteiger partial charge in [0.05, 0.1) is 22.7 Å². The highest BCUT2D eigenvalue weighted by molar-refractivity contribution is 6.33. The van der Waals surface area contributed by atoms with Gasteiger partial charge in [0.25, 0.3) is 0 Å². The molecule has 0 aliphatic heterocycles. The lowest BCUT2D eigenvalue weighted by atomic mass is 10.0. The van der Waals surface area contributed by atoms with Crippen molar-refractivity contribution in [3.05, 3.63) is 51.9 Å². The molecule has 112 valence electrons. The first-order valence-corrected chi connectivity index (χ1v) is 7.72. The highest BCUT2D eigenvalue weighted by Gasteiger charge is 2.23. The molecule has 4 nitrogen and oxygen atoms in total. The fourth-order valence-electron chi connectivity index (χ4n) is 2.58. The van der Waals surface area contributed by atoms with Crippen LogP contribution in [0.5, 0.6) is 5.75 Å². The van der Waals surface area contributed by atoms with Gasteiger partial charge in [-0.2, -0.15) is 0 Å². The molecular formula is C17H15ClN2O2. The Bertz CT molecular complexity index is 893. The van der Waals surface area contributed by atoms with Crippen molar-refractivity contribution >= 4 is 22.6 Å². The summed E-state index contributed by atoms with van der Waals surface area (Å²) in [4.78, 5) is 16.9. The molecule has 1 saturated carbocycles. The lowest BCUT2D eigenvalue weighted by Gasteiger charge is -2.13. The van der Waals surface area contributed by atoms with E-state index in [0.29, 0.717) is 10.9 Å². The van der Waals surface area contributed by atoms with Crippen molar-refractivity contribution in [1.82, 2.24) is 9.97 Å². The summed E-state index contributed by atoms with van der Waals surface area (Å²) in [5.74, 6) is 1.46. The third-order valence-electron chi connectivity index (χ3n) is 3.95. The lowest BCUT2D eigenvalue weighted by Crippen LogP contribution is -2.00. The number of fused-ring (bicyclic) bond motifs is 1. The molecule has 0 atom stereocenters. The number of halogens is 1. The van der Waals surface area contributed by atoms with Gasteiger partial charge in [0.2, 0.25) is 0 Å². The summed E-state index contributed by atoms with van der Waals surface area (Å²) in [5, 5.41) is 0.644. The lowest BCUT2D eigenvalue weighted by molar-refractivity contribution is 0.301. The molecule has 1 aliphatic carbocycles. The molecule has 5 heteroatoms. The van der Waals surface area contributed by atoms with Gasteiger partial charge in [-0.3, -0.25) is 0 Å². The van der Waals surface area contributed by atoms with Crippen molar-refractivity contribution < 1.29 is 4.74 Å². The van der Waals surface area contributed by atoms with Crippen molar-refractivity contribution in [1.29, 1.82) is 0 Å². The molecule has 1 heterocycles. The summed E-state index contributed by atoms with van der Waals surface area (Å²) in [6.07, 6.45) is 2.49. The van der Waals surface area contributed by atoms with Gasteiger partial charge in [0.1, 0.15) is 5.75 Å². The molecule has 1 aromatic heterocycles. The summed E-state index contributed by atoms with van der Waals surface area (Å²) in [6.45, 7) is 0.733. The van der Waals surface area contributed by atoms with Gasteiger partial charge in [0, 0.05) is 5.56 Å². The molecule has 0 unspecified atom stereocenters. The topological polar surface area (TPSA) is 57.9 Å². The zero-order chi connectivity index (χ0) is 15.1. The van der Waals surface area contributed by atoms with Crippen molar-refractivity contribution in [2.75, 3.05) is 6.61 Å². The fraction of sp³-hybridized carbons (Fsp3) is 0.235. The second-order valence-electron chi connectivity index (χ2n) is 5.71. The van der Waals surface area contributed by atoms with Crippen molar-refractivity contribution in [3.63, 3.8) is 0 Å². The van der Waals surface area contributed by atoms with Crippen LogP contribution in [0.1, 0.15) is 12.8 Å². The highest BCUT2D eigenvalue weighted by atomic mass is 35.5. The van der Waals surface area contributed by atoms with Gasteiger partial charge < -0.3 is 14.7 Å². The SMILES string of the molecule is O=c1[nH]c2ccc(-c3c(Cl)cccc3OCC3CC3)cc2[nH]1. The summed E-state index contributed by atoms with van der Waals surface area (Å²) in [7, 11) is 0. The number of ether oxygens (including phenoxy) is 1. The summed E-state index contributed by atoms with van der Waals surface area (Å²) in [6, 6.07) is 11.4. The van der Waals surface area contributed by atoms with Crippen LogP contribution < -0.4 is 10.4 Å². The second-order valence-corrected chi connectivity index (χ2v) is 6.11. The second kappa shape index (κ2) is 5.21. The molecule has 0 saturated heterocycles. The molecule has 0 amide bonds. The average Bonchev–Trinajstić information content (AvgIpc) is 3.25. The molecule has 22 heavy (non-hydrogen) atoms. The molecule has 0 bridgehead atoms. The van der Waals surface area contributed by atoms with Crippen LogP contribution in [-0.4, -0.2) is 16.6 Å². The van der Waals surface area contributed by atoms with Crippen LogP contribution >= 0.6 is 11.6 Å². The van der Waals surface area contributed by atoms with Crippen LogP contribution in [0, 0.1) is 5.92 Å². The number of aromatic amines is 2. The minimum Gasteiger partial charge on any atom is -0.493 e. The number of benzene rings is 2. The normalized spacial score (nSPS) is 14.4. The maximum Gasteiger partial charge on any atom is 0.323 e.